The highest BCUT2D eigenvalue weighted by atomic mass is 35.5. The molecule has 1 fully saturated rings. The van der Waals surface area contributed by atoms with Crippen molar-refractivity contribution >= 4 is 17.3 Å². The molecule has 82 valence electrons. The first kappa shape index (κ1) is 10.5. The Balaban J connectivity index is 1.94. The number of aromatic nitrogens is 1. The maximum absolute atomic E-state index is 5.73. The predicted molar refractivity (Wildman–Crippen MR) is 58.1 cm³/mol. The lowest BCUT2D eigenvalue weighted by Crippen LogP contribution is -2.17. The van der Waals surface area contributed by atoms with E-state index in [2.05, 4.69) is 4.98 Å². The summed E-state index contributed by atoms with van der Waals surface area (Å²) in [6.07, 6.45) is 2.28. The van der Waals surface area contributed by atoms with E-state index >= 15 is 0 Å². The molecular weight excluding hydrogens is 216 g/mol. The zero-order valence-corrected chi connectivity index (χ0v) is 9.04. The van der Waals surface area contributed by atoms with Crippen LogP contribution < -0.4 is 10.5 Å². The Morgan fingerprint density at radius 2 is 2.47 bits per heavy atom. The molecule has 4 nitrogen and oxygen atoms in total. The predicted octanol–water partition coefficient (Wildman–Crippen LogP) is 1.88. The van der Waals surface area contributed by atoms with Gasteiger partial charge in [0, 0.05) is 6.61 Å². The quantitative estimate of drug-likeness (QED) is 0.803. The molecule has 15 heavy (non-hydrogen) atoms. The van der Waals surface area contributed by atoms with Gasteiger partial charge in [0.1, 0.15) is 11.8 Å². The fourth-order valence-electron chi connectivity index (χ4n) is 1.49. The Bertz CT molecular complexity index is 340. The smallest absolute Gasteiger partial charge is 0.238 e. The first-order valence-corrected chi connectivity index (χ1v) is 5.30. The van der Waals surface area contributed by atoms with Crippen molar-refractivity contribution in [2.45, 2.75) is 18.9 Å². The monoisotopic (exact) mass is 228 g/mol. The molecule has 0 spiro atoms. The molecule has 0 aromatic carbocycles. The van der Waals surface area contributed by atoms with Gasteiger partial charge in [-0.25, -0.2) is 0 Å². The summed E-state index contributed by atoms with van der Waals surface area (Å²) in [6.45, 7) is 1.30. The summed E-state index contributed by atoms with van der Waals surface area (Å²) >= 11 is 5.73. The Morgan fingerprint density at radius 3 is 3.20 bits per heavy atom. The second kappa shape index (κ2) is 4.68. The van der Waals surface area contributed by atoms with Crippen LogP contribution in [0.15, 0.2) is 12.1 Å². The summed E-state index contributed by atoms with van der Waals surface area (Å²) in [4.78, 5) is 4.00. The molecule has 0 saturated carbocycles. The summed E-state index contributed by atoms with van der Waals surface area (Å²) in [5.41, 5.74) is 6.18. The van der Waals surface area contributed by atoms with Crippen molar-refractivity contribution in [1.29, 1.82) is 0 Å². The summed E-state index contributed by atoms with van der Waals surface area (Å²) in [5.74, 6) is 0.387. The number of hydrogen-bond acceptors (Lipinski definition) is 4. The second-order valence-corrected chi connectivity index (χ2v) is 3.86. The third-order valence-corrected chi connectivity index (χ3v) is 2.50. The van der Waals surface area contributed by atoms with Gasteiger partial charge in [-0.05, 0) is 25.0 Å². The van der Waals surface area contributed by atoms with Gasteiger partial charge in [-0.2, -0.15) is 4.98 Å². The molecule has 1 aromatic rings. The van der Waals surface area contributed by atoms with Crippen LogP contribution in [0.4, 0.5) is 5.69 Å². The Hall–Kier alpha value is -1.00. The van der Waals surface area contributed by atoms with E-state index in [4.69, 9.17) is 26.8 Å². The van der Waals surface area contributed by atoms with Gasteiger partial charge in [-0.3, -0.25) is 0 Å². The van der Waals surface area contributed by atoms with Gasteiger partial charge in [0.25, 0.3) is 0 Å². The fraction of sp³-hybridized carbons (Fsp3) is 0.500. The summed E-state index contributed by atoms with van der Waals surface area (Å²) in [5, 5.41) is 0.381. The van der Waals surface area contributed by atoms with E-state index < -0.39 is 0 Å². The van der Waals surface area contributed by atoms with E-state index in [0.29, 0.717) is 23.3 Å². The van der Waals surface area contributed by atoms with Gasteiger partial charge in [0.15, 0.2) is 0 Å². The van der Waals surface area contributed by atoms with E-state index in [0.717, 1.165) is 19.4 Å². The molecule has 1 aliphatic heterocycles. The molecule has 0 aliphatic carbocycles. The number of nitrogens with two attached hydrogens (primary N) is 1. The molecule has 1 aromatic heterocycles. The highest BCUT2D eigenvalue weighted by molar-refractivity contribution is 6.29. The largest absolute Gasteiger partial charge is 0.473 e. The minimum Gasteiger partial charge on any atom is -0.473 e. The Kier molecular flexibility index (Phi) is 3.28. The van der Waals surface area contributed by atoms with Crippen LogP contribution in [0.3, 0.4) is 0 Å². The maximum atomic E-state index is 5.73. The molecule has 2 heterocycles. The molecule has 2 rings (SSSR count). The summed E-state index contributed by atoms with van der Waals surface area (Å²) < 4.78 is 10.9. The van der Waals surface area contributed by atoms with Crippen LogP contribution in [0.2, 0.25) is 5.15 Å². The fourth-order valence-corrected chi connectivity index (χ4v) is 1.63. The van der Waals surface area contributed by atoms with E-state index in [1.165, 1.54) is 0 Å². The van der Waals surface area contributed by atoms with E-state index in [1.54, 1.807) is 12.1 Å². The molecule has 1 aliphatic rings. The van der Waals surface area contributed by atoms with Gasteiger partial charge >= 0.3 is 0 Å². The Labute approximate surface area is 93.3 Å². The van der Waals surface area contributed by atoms with Crippen LogP contribution in [0.5, 0.6) is 5.88 Å². The molecule has 1 saturated heterocycles. The average Bonchev–Trinajstić information content (AvgIpc) is 2.72. The van der Waals surface area contributed by atoms with Crippen LogP contribution >= 0.6 is 11.6 Å². The van der Waals surface area contributed by atoms with Crippen LogP contribution in [-0.2, 0) is 4.74 Å². The molecule has 0 amide bonds. The molecule has 2 N–H and O–H groups in total. The zero-order chi connectivity index (χ0) is 10.7. The number of ether oxygens (including phenoxy) is 2. The topological polar surface area (TPSA) is 57.4 Å². The van der Waals surface area contributed by atoms with Crippen molar-refractivity contribution in [2.75, 3.05) is 18.9 Å². The van der Waals surface area contributed by atoms with Gasteiger partial charge < -0.3 is 15.2 Å². The summed E-state index contributed by atoms with van der Waals surface area (Å²) in [7, 11) is 0. The van der Waals surface area contributed by atoms with Gasteiger partial charge in [0.2, 0.25) is 5.88 Å². The lowest BCUT2D eigenvalue weighted by molar-refractivity contribution is 0.0666. The summed E-state index contributed by atoms with van der Waals surface area (Å²) in [6, 6.07) is 3.32. The molecule has 1 unspecified atom stereocenters. The molecule has 1 atom stereocenters. The van der Waals surface area contributed by atoms with E-state index in [1.807, 2.05) is 0 Å². The Morgan fingerprint density at radius 1 is 1.60 bits per heavy atom. The molecular formula is C10H13ClN2O2. The lowest BCUT2D eigenvalue weighted by atomic mass is 10.2. The number of nitrogens with zero attached hydrogens (tertiary/aromatic N) is 1. The van der Waals surface area contributed by atoms with Crippen molar-refractivity contribution in [3.63, 3.8) is 0 Å². The first-order valence-electron chi connectivity index (χ1n) is 4.92. The van der Waals surface area contributed by atoms with Crippen LogP contribution in [-0.4, -0.2) is 24.3 Å². The number of pyridine rings is 1. The number of rotatable bonds is 3. The number of anilines is 1. The minimum absolute atomic E-state index is 0.158. The first-order chi connectivity index (χ1) is 7.25. The van der Waals surface area contributed by atoms with Crippen LogP contribution in [0.25, 0.3) is 0 Å². The highest BCUT2D eigenvalue weighted by Crippen LogP contribution is 2.22. The van der Waals surface area contributed by atoms with Gasteiger partial charge in [-0.1, -0.05) is 11.6 Å². The third-order valence-electron chi connectivity index (χ3n) is 2.29. The number of halogens is 1. The second-order valence-electron chi connectivity index (χ2n) is 3.47. The molecule has 0 radical (unpaired) electrons. The van der Waals surface area contributed by atoms with Crippen molar-refractivity contribution in [3.8, 4) is 5.88 Å². The maximum Gasteiger partial charge on any atom is 0.238 e. The normalized spacial score (nSPS) is 20.5. The van der Waals surface area contributed by atoms with Gasteiger partial charge in [-0.15, -0.1) is 0 Å². The van der Waals surface area contributed by atoms with Crippen molar-refractivity contribution in [1.82, 2.24) is 4.98 Å². The highest BCUT2D eigenvalue weighted by Gasteiger charge is 2.16. The molecule has 5 heteroatoms. The third kappa shape index (κ3) is 2.73. The SMILES string of the molecule is Nc1ccc(Cl)nc1OCC1CCCO1. The number of nitrogen functional groups attached to an aromatic ring is 1. The van der Waals surface area contributed by atoms with E-state index in [9.17, 15) is 0 Å². The lowest BCUT2D eigenvalue weighted by Gasteiger charge is -2.11. The van der Waals surface area contributed by atoms with Gasteiger partial charge in [0.05, 0.1) is 11.8 Å². The van der Waals surface area contributed by atoms with Crippen LogP contribution in [0, 0.1) is 0 Å². The average molecular weight is 229 g/mol. The van der Waals surface area contributed by atoms with E-state index in [-0.39, 0.29) is 6.10 Å². The molecule has 0 bridgehead atoms. The number of hydrogen-bond donors (Lipinski definition) is 1. The zero-order valence-electron chi connectivity index (χ0n) is 8.28. The standard InChI is InChI=1S/C10H13ClN2O2/c11-9-4-3-8(12)10(13-9)15-6-7-2-1-5-14-7/h3-4,7H,1-2,5-6,12H2. The van der Waals surface area contributed by atoms with Crippen LogP contribution in [0.1, 0.15) is 12.8 Å². The minimum atomic E-state index is 0.158. The van der Waals surface area contributed by atoms with Crippen molar-refractivity contribution in [2.24, 2.45) is 0 Å². The van der Waals surface area contributed by atoms with Crippen molar-refractivity contribution < 1.29 is 9.47 Å². The van der Waals surface area contributed by atoms with Crippen molar-refractivity contribution in [3.05, 3.63) is 17.3 Å².